The number of nitrogens with two attached hydrogens (primary N) is 1. The van der Waals surface area contributed by atoms with E-state index >= 15 is 0 Å². The van der Waals surface area contributed by atoms with Crippen molar-refractivity contribution in [1.82, 2.24) is 9.97 Å². The number of fused-ring (bicyclic) bond motifs is 1. The zero-order chi connectivity index (χ0) is 29.8. The minimum Gasteiger partial charge on any atom is -0.496 e. The first-order valence-electron chi connectivity index (χ1n) is 14.8. The van der Waals surface area contributed by atoms with Gasteiger partial charge in [0.05, 0.1) is 31.2 Å². The first-order chi connectivity index (χ1) is 19.8. The van der Waals surface area contributed by atoms with Gasteiger partial charge in [0.2, 0.25) is 5.75 Å². The van der Waals surface area contributed by atoms with Crippen molar-refractivity contribution in [1.29, 1.82) is 0 Å². The molecule has 3 aromatic rings. The van der Waals surface area contributed by atoms with Gasteiger partial charge in [0.25, 0.3) is 4.92 Å². The summed E-state index contributed by atoms with van der Waals surface area (Å²) < 4.78 is 10.8. The third kappa shape index (κ3) is 8.76. The molecule has 0 spiro atoms. The molecule has 0 bridgehead atoms. The molecule has 1 aliphatic carbocycles. The van der Waals surface area contributed by atoms with Crippen molar-refractivity contribution in [2.75, 3.05) is 39.8 Å². The highest BCUT2D eigenvalue weighted by Crippen LogP contribution is 2.36. The SMILES string of the molecule is CCN(C)c1nc(CN)nc2ccccc12.COc1cc(OC)c([N+](=O)OC)cc1CCCCC1CCC(C)CC1. The second-order valence-corrected chi connectivity index (χ2v) is 10.8. The van der Waals surface area contributed by atoms with Crippen LogP contribution in [-0.4, -0.2) is 49.8 Å². The zero-order valence-corrected chi connectivity index (χ0v) is 25.7. The molecular formula is C32H48N5O4+. The van der Waals surface area contributed by atoms with Gasteiger partial charge in [-0.2, -0.15) is 0 Å². The summed E-state index contributed by atoms with van der Waals surface area (Å²) in [5, 5.41) is 1.07. The van der Waals surface area contributed by atoms with E-state index in [1.54, 1.807) is 13.2 Å². The van der Waals surface area contributed by atoms with Crippen LogP contribution in [0.3, 0.4) is 0 Å². The molecule has 0 atom stereocenters. The van der Waals surface area contributed by atoms with Crippen LogP contribution in [0.4, 0.5) is 11.5 Å². The van der Waals surface area contributed by atoms with Crippen LogP contribution in [0.1, 0.15) is 70.2 Å². The molecule has 1 aliphatic rings. The lowest BCUT2D eigenvalue weighted by Gasteiger charge is -2.26. The summed E-state index contributed by atoms with van der Waals surface area (Å²) in [7, 11) is 6.55. The van der Waals surface area contributed by atoms with Gasteiger partial charge >= 0.3 is 5.69 Å². The molecule has 1 saturated carbocycles. The third-order valence-electron chi connectivity index (χ3n) is 8.04. The molecule has 1 aromatic heterocycles. The van der Waals surface area contributed by atoms with Gasteiger partial charge in [-0.3, -0.25) is 0 Å². The molecular weight excluding hydrogens is 518 g/mol. The second kappa shape index (κ2) is 16.1. The largest absolute Gasteiger partial charge is 0.496 e. The van der Waals surface area contributed by atoms with E-state index < -0.39 is 0 Å². The van der Waals surface area contributed by atoms with Crippen LogP contribution in [0, 0.1) is 16.7 Å². The van der Waals surface area contributed by atoms with Crippen LogP contribution < -0.4 is 20.1 Å². The molecule has 0 saturated heterocycles. The molecule has 9 nitrogen and oxygen atoms in total. The number of para-hydroxylation sites is 1. The molecule has 9 heteroatoms. The Labute approximate surface area is 244 Å². The fourth-order valence-electron chi connectivity index (χ4n) is 5.39. The van der Waals surface area contributed by atoms with Gasteiger partial charge in [0.15, 0.2) is 7.11 Å². The van der Waals surface area contributed by atoms with Gasteiger partial charge in [-0.15, -0.1) is 0 Å². The Kier molecular flexibility index (Phi) is 12.6. The monoisotopic (exact) mass is 566 g/mol. The van der Waals surface area contributed by atoms with E-state index in [-0.39, 0.29) is 0 Å². The predicted molar refractivity (Wildman–Crippen MR) is 165 cm³/mol. The van der Waals surface area contributed by atoms with E-state index in [9.17, 15) is 4.91 Å². The number of aryl methyl sites for hydroxylation is 1. The lowest BCUT2D eigenvalue weighted by Crippen LogP contribution is -2.19. The summed E-state index contributed by atoms with van der Waals surface area (Å²) in [4.78, 5) is 28.1. The highest BCUT2D eigenvalue weighted by Gasteiger charge is 2.25. The number of anilines is 1. The summed E-state index contributed by atoms with van der Waals surface area (Å²) in [6, 6.07) is 11.6. The lowest BCUT2D eigenvalue weighted by molar-refractivity contribution is -0.736. The predicted octanol–water partition coefficient (Wildman–Crippen LogP) is 6.76. The van der Waals surface area contributed by atoms with Crippen molar-refractivity contribution in [3.05, 3.63) is 52.7 Å². The summed E-state index contributed by atoms with van der Waals surface area (Å²) in [6.45, 7) is 5.74. The van der Waals surface area contributed by atoms with Gasteiger partial charge in [-0.1, -0.05) is 57.6 Å². The summed E-state index contributed by atoms with van der Waals surface area (Å²) in [5.41, 5.74) is 7.96. The highest BCUT2D eigenvalue weighted by molar-refractivity contribution is 5.89. The normalized spacial score (nSPS) is 16.5. The Morgan fingerprint density at radius 2 is 1.71 bits per heavy atom. The topological polar surface area (TPSA) is 103 Å². The second-order valence-electron chi connectivity index (χ2n) is 10.8. The first kappa shape index (κ1) is 32.1. The Morgan fingerprint density at radius 1 is 1.00 bits per heavy atom. The number of rotatable bonds is 12. The van der Waals surface area contributed by atoms with Crippen LogP contribution in [0.5, 0.6) is 11.5 Å². The van der Waals surface area contributed by atoms with Gasteiger partial charge in [0, 0.05) is 36.7 Å². The molecule has 224 valence electrons. The molecule has 2 N–H and O–H groups in total. The van der Waals surface area contributed by atoms with Crippen LogP contribution in [0.25, 0.3) is 10.9 Å². The van der Waals surface area contributed by atoms with Crippen molar-refractivity contribution < 1.29 is 19.2 Å². The zero-order valence-electron chi connectivity index (χ0n) is 25.7. The first-order valence-corrected chi connectivity index (χ1v) is 14.8. The molecule has 41 heavy (non-hydrogen) atoms. The summed E-state index contributed by atoms with van der Waals surface area (Å²) in [5.74, 6) is 4.66. The van der Waals surface area contributed by atoms with Crippen LogP contribution in [-0.2, 0) is 17.8 Å². The molecule has 0 unspecified atom stereocenters. The number of benzene rings is 2. The Bertz CT molecular complexity index is 1260. The summed E-state index contributed by atoms with van der Waals surface area (Å²) in [6.07, 6.45) is 10.1. The van der Waals surface area contributed by atoms with Gasteiger partial charge in [-0.05, 0) is 43.7 Å². The third-order valence-corrected chi connectivity index (χ3v) is 8.04. The highest BCUT2D eigenvalue weighted by atomic mass is 16.8. The molecule has 2 aromatic carbocycles. The number of hydrogen-bond donors (Lipinski definition) is 1. The molecule has 4 rings (SSSR count). The Balaban J connectivity index is 0.000000248. The number of unbranched alkanes of at least 4 members (excludes halogenated alkanes) is 1. The molecule has 1 heterocycles. The molecule has 0 radical (unpaired) electrons. The van der Waals surface area contributed by atoms with Crippen molar-refractivity contribution in [2.45, 2.75) is 71.8 Å². The average Bonchev–Trinajstić information content (AvgIpc) is 3.02. The smallest absolute Gasteiger partial charge is 0.358 e. The minimum atomic E-state index is 0.370. The van der Waals surface area contributed by atoms with E-state index in [0.29, 0.717) is 28.7 Å². The van der Waals surface area contributed by atoms with Crippen LogP contribution >= 0.6 is 0 Å². The summed E-state index contributed by atoms with van der Waals surface area (Å²) >= 11 is 0. The maximum Gasteiger partial charge on any atom is 0.358 e. The van der Waals surface area contributed by atoms with Crippen molar-refractivity contribution in [3.8, 4) is 11.5 Å². The fourth-order valence-corrected chi connectivity index (χ4v) is 5.39. The van der Waals surface area contributed by atoms with Crippen molar-refractivity contribution in [2.24, 2.45) is 17.6 Å². The standard InChI is InChI=1S/C20H32NO4.C12H16N4/c1-15-9-11-16(12-10-15)7-5-6-8-17-13-18(21(22)25-4)20(24-3)14-19(17)23-2;1-3-16(2)12-9-6-4-5-7-10(9)14-11(8-13)15-12/h13-16H,5-12H2,1-4H3;4-7H,3,8,13H2,1-2H3/q+1;. The van der Waals surface area contributed by atoms with Crippen molar-refractivity contribution in [3.63, 3.8) is 0 Å². The van der Waals surface area contributed by atoms with Crippen LogP contribution in [0.15, 0.2) is 36.4 Å². The minimum absolute atomic E-state index is 0.370. The number of aromatic nitrogens is 2. The van der Waals surface area contributed by atoms with E-state index in [1.165, 1.54) is 52.7 Å². The Hall–Kier alpha value is -3.46. The van der Waals surface area contributed by atoms with E-state index in [2.05, 4.69) is 28.7 Å². The maximum absolute atomic E-state index is 11.9. The molecule has 0 aliphatic heterocycles. The van der Waals surface area contributed by atoms with Gasteiger partial charge in [-0.25, -0.2) is 14.8 Å². The number of nitrogens with zero attached hydrogens (tertiary/aromatic N) is 4. The maximum atomic E-state index is 11.9. The van der Waals surface area contributed by atoms with Crippen LogP contribution in [0.2, 0.25) is 0 Å². The average molecular weight is 567 g/mol. The fraction of sp³-hybridized carbons (Fsp3) is 0.562. The Morgan fingerprint density at radius 3 is 2.34 bits per heavy atom. The number of methoxy groups -OCH3 is 2. The molecule has 1 fully saturated rings. The lowest BCUT2D eigenvalue weighted by atomic mass is 9.80. The molecule has 0 amide bonds. The van der Waals surface area contributed by atoms with Gasteiger partial charge < -0.3 is 20.1 Å². The number of hydrogen-bond acceptors (Lipinski definition) is 8. The van der Waals surface area contributed by atoms with Crippen molar-refractivity contribution >= 4 is 22.4 Å². The van der Waals surface area contributed by atoms with E-state index in [4.69, 9.17) is 20.0 Å². The van der Waals surface area contributed by atoms with Gasteiger partial charge in [0.1, 0.15) is 17.4 Å². The van der Waals surface area contributed by atoms with E-state index in [0.717, 1.165) is 59.3 Å². The van der Waals surface area contributed by atoms with E-state index in [1.807, 2.05) is 37.4 Å². The number of ether oxygens (including phenoxy) is 2. The quantitative estimate of drug-likeness (QED) is 0.189.